The minimum Gasteiger partial charge on any atom is -0.359 e. The zero-order valence-electron chi connectivity index (χ0n) is 9.31. The maximum atomic E-state index is 11.0. The number of hydrogen-bond donors (Lipinski definition) is 2. The first kappa shape index (κ1) is 11.5. The van der Waals surface area contributed by atoms with Gasteiger partial charge in [0.05, 0.1) is 0 Å². The second kappa shape index (κ2) is 6.02. The minimum absolute atomic E-state index is 0.119. The standard InChI is InChI=1S/C11H22N2O/c1-9(8-11(14)12-2)13-7-6-10-4-3-5-10/h9-10,13H,3-8H2,1-2H3,(H,12,14). The van der Waals surface area contributed by atoms with Crippen LogP contribution in [0.2, 0.25) is 0 Å². The van der Waals surface area contributed by atoms with Crippen LogP contribution in [0.25, 0.3) is 0 Å². The van der Waals surface area contributed by atoms with Gasteiger partial charge >= 0.3 is 0 Å². The highest BCUT2D eigenvalue weighted by Gasteiger charge is 2.16. The van der Waals surface area contributed by atoms with Crippen molar-refractivity contribution in [3.05, 3.63) is 0 Å². The van der Waals surface area contributed by atoms with Crippen molar-refractivity contribution in [2.45, 2.75) is 45.1 Å². The highest BCUT2D eigenvalue weighted by atomic mass is 16.1. The molecule has 0 radical (unpaired) electrons. The van der Waals surface area contributed by atoms with Gasteiger partial charge in [-0.1, -0.05) is 19.3 Å². The van der Waals surface area contributed by atoms with Crippen LogP contribution < -0.4 is 10.6 Å². The van der Waals surface area contributed by atoms with E-state index < -0.39 is 0 Å². The van der Waals surface area contributed by atoms with E-state index in [4.69, 9.17) is 0 Å². The van der Waals surface area contributed by atoms with Crippen molar-refractivity contribution >= 4 is 5.91 Å². The average molecular weight is 198 g/mol. The van der Waals surface area contributed by atoms with Gasteiger partial charge in [0.15, 0.2) is 0 Å². The maximum Gasteiger partial charge on any atom is 0.221 e. The third-order valence-electron chi connectivity index (χ3n) is 3.04. The SMILES string of the molecule is CNC(=O)CC(C)NCCC1CCC1. The Morgan fingerprint density at radius 3 is 2.71 bits per heavy atom. The molecule has 1 saturated carbocycles. The molecule has 0 spiro atoms. The van der Waals surface area contributed by atoms with Crippen molar-refractivity contribution in [1.29, 1.82) is 0 Å². The molecule has 1 aliphatic carbocycles. The van der Waals surface area contributed by atoms with E-state index in [-0.39, 0.29) is 5.91 Å². The Labute approximate surface area is 86.6 Å². The lowest BCUT2D eigenvalue weighted by molar-refractivity contribution is -0.121. The second-order valence-corrected chi connectivity index (χ2v) is 4.32. The van der Waals surface area contributed by atoms with Crippen molar-refractivity contribution in [3.63, 3.8) is 0 Å². The van der Waals surface area contributed by atoms with E-state index in [1.165, 1.54) is 25.7 Å². The van der Waals surface area contributed by atoms with Crippen LogP contribution in [0.4, 0.5) is 0 Å². The monoisotopic (exact) mass is 198 g/mol. The van der Waals surface area contributed by atoms with Gasteiger partial charge in [-0.2, -0.15) is 0 Å². The third kappa shape index (κ3) is 4.09. The molecular weight excluding hydrogens is 176 g/mol. The van der Waals surface area contributed by atoms with Crippen LogP contribution in [0.5, 0.6) is 0 Å². The lowest BCUT2D eigenvalue weighted by atomic mass is 9.83. The Morgan fingerprint density at radius 2 is 2.21 bits per heavy atom. The molecule has 2 N–H and O–H groups in total. The zero-order valence-corrected chi connectivity index (χ0v) is 9.31. The molecule has 0 aromatic heterocycles. The topological polar surface area (TPSA) is 41.1 Å². The van der Waals surface area contributed by atoms with Crippen molar-refractivity contribution in [2.75, 3.05) is 13.6 Å². The molecule has 0 saturated heterocycles. The van der Waals surface area contributed by atoms with Gasteiger partial charge in [0.1, 0.15) is 0 Å². The first-order valence-corrected chi connectivity index (χ1v) is 5.66. The van der Waals surface area contributed by atoms with Crippen LogP contribution in [0.15, 0.2) is 0 Å². The third-order valence-corrected chi connectivity index (χ3v) is 3.04. The van der Waals surface area contributed by atoms with Crippen LogP contribution in [-0.4, -0.2) is 25.5 Å². The maximum absolute atomic E-state index is 11.0. The van der Waals surface area contributed by atoms with E-state index in [1.807, 2.05) is 0 Å². The Balaban J connectivity index is 1.96. The number of carbonyl (C=O) groups excluding carboxylic acids is 1. The smallest absolute Gasteiger partial charge is 0.221 e. The van der Waals surface area contributed by atoms with Gasteiger partial charge in [-0.05, 0) is 25.8 Å². The summed E-state index contributed by atoms with van der Waals surface area (Å²) in [5.41, 5.74) is 0. The van der Waals surface area contributed by atoms with E-state index >= 15 is 0 Å². The van der Waals surface area contributed by atoms with E-state index in [9.17, 15) is 4.79 Å². The molecule has 14 heavy (non-hydrogen) atoms. The molecule has 1 fully saturated rings. The number of hydrogen-bond acceptors (Lipinski definition) is 2. The lowest BCUT2D eigenvalue weighted by Gasteiger charge is -2.25. The van der Waals surface area contributed by atoms with Gasteiger partial charge < -0.3 is 10.6 Å². The van der Waals surface area contributed by atoms with Crippen LogP contribution >= 0.6 is 0 Å². The summed E-state index contributed by atoms with van der Waals surface area (Å²) in [7, 11) is 1.68. The Kier molecular flexibility index (Phi) is 4.94. The van der Waals surface area contributed by atoms with Gasteiger partial charge in [0.2, 0.25) is 5.91 Å². The number of carbonyl (C=O) groups is 1. The summed E-state index contributed by atoms with van der Waals surface area (Å²) in [5.74, 6) is 1.07. The summed E-state index contributed by atoms with van der Waals surface area (Å²) in [6.07, 6.45) is 6.09. The highest BCUT2D eigenvalue weighted by Crippen LogP contribution is 2.28. The van der Waals surface area contributed by atoms with Gasteiger partial charge in [0, 0.05) is 19.5 Å². The molecule has 0 aromatic rings. The molecular formula is C11H22N2O. The molecule has 3 nitrogen and oxygen atoms in total. The van der Waals surface area contributed by atoms with Crippen LogP contribution in [0.3, 0.4) is 0 Å². The summed E-state index contributed by atoms with van der Waals surface area (Å²) >= 11 is 0. The van der Waals surface area contributed by atoms with Gasteiger partial charge in [-0.3, -0.25) is 4.79 Å². The predicted molar refractivity (Wildman–Crippen MR) is 58.1 cm³/mol. The molecule has 3 heteroatoms. The van der Waals surface area contributed by atoms with Crippen molar-refractivity contribution in [2.24, 2.45) is 5.92 Å². The van der Waals surface area contributed by atoms with Crippen molar-refractivity contribution in [3.8, 4) is 0 Å². The summed E-state index contributed by atoms with van der Waals surface area (Å²) in [4.78, 5) is 11.0. The summed E-state index contributed by atoms with van der Waals surface area (Å²) < 4.78 is 0. The van der Waals surface area contributed by atoms with Crippen molar-refractivity contribution in [1.82, 2.24) is 10.6 Å². The molecule has 1 aliphatic rings. The van der Waals surface area contributed by atoms with E-state index in [2.05, 4.69) is 17.6 Å². The largest absolute Gasteiger partial charge is 0.359 e. The fraction of sp³-hybridized carbons (Fsp3) is 0.909. The van der Waals surface area contributed by atoms with Crippen LogP contribution in [0, 0.1) is 5.92 Å². The van der Waals surface area contributed by atoms with E-state index in [0.717, 1.165) is 12.5 Å². The lowest BCUT2D eigenvalue weighted by Crippen LogP contribution is -2.34. The summed E-state index contributed by atoms with van der Waals surface area (Å²) in [5, 5.41) is 6.02. The Hall–Kier alpha value is -0.570. The first-order chi connectivity index (χ1) is 6.72. The Morgan fingerprint density at radius 1 is 1.50 bits per heavy atom. The van der Waals surface area contributed by atoms with Crippen LogP contribution in [0.1, 0.15) is 39.0 Å². The van der Waals surface area contributed by atoms with Crippen LogP contribution in [-0.2, 0) is 4.79 Å². The van der Waals surface area contributed by atoms with Gasteiger partial charge in [-0.15, -0.1) is 0 Å². The molecule has 0 heterocycles. The number of amides is 1. The first-order valence-electron chi connectivity index (χ1n) is 5.66. The summed E-state index contributed by atoms with van der Waals surface area (Å²) in [6, 6.07) is 0.301. The van der Waals surface area contributed by atoms with Crippen molar-refractivity contribution < 1.29 is 4.79 Å². The predicted octanol–water partition coefficient (Wildman–Crippen LogP) is 1.29. The Bertz CT molecular complexity index is 178. The quantitative estimate of drug-likeness (QED) is 0.675. The van der Waals surface area contributed by atoms with E-state index in [1.54, 1.807) is 7.05 Å². The molecule has 1 amide bonds. The normalized spacial score (nSPS) is 18.7. The number of rotatable bonds is 6. The minimum atomic E-state index is 0.119. The molecule has 1 unspecified atom stereocenters. The molecule has 0 aliphatic heterocycles. The van der Waals surface area contributed by atoms with Gasteiger partial charge in [-0.25, -0.2) is 0 Å². The molecule has 0 aromatic carbocycles. The second-order valence-electron chi connectivity index (χ2n) is 4.32. The average Bonchev–Trinajstić information content (AvgIpc) is 2.09. The molecule has 1 rings (SSSR count). The van der Waals surface area contributed by atoms with E-state index in [0.29, 0.717) is 12.5 Å². The highest BCUT2D eigenvalue weighted by molar-refractivity contribution is 5.76. The fourth-order valence-electron chi connectivity index (χ4n) is 1.77. The molecule has 82 valence electrons. The summed E-state index contributed by atoms with van der Waals surface area (Å²) in [6.45, 7) is 3.12. The molecule has 1 atom stereocenters. The van der Waals surface area contributed by atoms with Gasteiger partial charge in [0.25, 0.3) is 0 Å². The zero-order chi connectivity index (χ0) is 10.4. The fourth-order valence-corrected chi connectivity index (χ4v) is 1.77. The molecule has 0 bridgehead atoms. The number of nitrogens with one attached hydrogen (secondary N) is 2.